The zero-order valence-electron chi connectivity index (χ0n) is 40.8. The molecule has 10 aromatic rings. The van der Waals surface area contributed by atoms with Crippen molar-refractivity contribution in [2.75, 3.05) is 0 Å². The van der Waals surface area contributed by atoms with Crippen molar-refractivity contribution < 1.29 is 0 Å². The van der Waals surface area contributed by atoms with E-state index in [0.717, 1.165) is 45.0 Å². The van der Waals surface area contributed by atoms with Crippen LogP contribution < -0.4 is 0 Å². The number of benzene rings is 6. The highest BCUT2D eigenvalue weighted by Crippen LogP contribution is 2.42. The average molecular weight is 863 g/mol. The smallest absolute Gasteiger partial charge is 0.0781 e. The molecular formula is C62H62N4. The third-order valence-corrected chi connectivity index (χ3v) is 13.7. The second-order valence-electron chi connectivity index (χ2n) is 22.5. The van der Waals surface area contributed by atoms with E-state index in [4.69, 9.17) is 9.97 Å². The van der Waals surface area contributed by atoms with Gasteiger partial charge in [-0.05, 0) is 129 Å². The topological polar surface area (TPSA) is 35.6 Å². The first-order valence-electron chi connectivity index (χ1n) is 23.6. The van der Waals surface area contributed by atoms with Gasteiger partial charge in [-0.25, -0.2) is 0 Å². The minimum atomic E-state index is 0.0317. The maximum Gasteiger partial charge on any atom is 0.0781 e. The molecule has 0 N–H and O–H groups in total. The summed E-state index contributed by atoms with van der Waals surface area (Å²) in [5.41, 5.74) is 18.5. The van der Waals surface area contributed by atoms with Crippen molar-refractivity contribution in [1.29, 1.82) is 0 Å². The molecule has 0 bridgehead atoms. The summed E-state index contributed by atoms with van der Waals surface area (Å²) in [6, 6.07) is 54.3. The highest BCUT2D eigenvalue weighted by atomic mass is 15.0. The fourth-order valence-electron chi connectivity index (χ4n) is 9.76. The predicted octanol–water partition coefficient (Wildman–Crippen LogP) is 16.9. The summed E-state index contributed by atoms with van der Waals surface area (Å²) in [6.45, 7) is 27.5. The van der Waals surface area contributed by atoms with Crippen molar-refractivity contribution in [2.24, 2.45) is 0 Å². The first kappa shape index (κ1) is 43.1. The Hall–Kier alpha value is -6.78. The maximum atomic E-state index is 5.12. The van der Waals surface area contributed by atoms with E-state index >= 15 is 0 Å². The van der Waals surface area contributed by atoms with Crippen LogP contribution in [-0.2, 0) is 21.7 Å². The average Bonchev–Trinajstić information content (AvgIpc) is 3.79. The maximum absolute atomic E-state index is 5.12. The van der Waals surface area contributed by atoms with Crippen LogP contribution in [0.1, 0.15) is 105 Å². The highest BCUT2D eigenvalue weighted by molar-refractivity contribution is 6.11. The van der Waals surface area contributed by atoms with Crippen molar-refractivity contribution in [3.63, 3.8) is 0 Å². The minimum absolute atomic E-state index is 0.0317. The van der Waals surface area contributed by atoms with Gasteiger partial charge < -0.3 is 9.13 Å². The molecule has 0 radical (unpaired) electrons. The van der Waals surface area contributed by atoms with Crippen LogP contribution in [0.3, 0.4) is 0 Å². The molecule has 4 nitrogen and oxygen atoms in total. The van der Waals surface area contributed by atoms with Gasteiger partial charge in [-0.1, -0.05) is 144 Å². The molecule has 4 aromatic heterocycles. The van der Waals surface area contributed by atoms with E-state index in [2.05, 4.69) is 226 Å². The van der Waals surface area contributed by atoms with Crippen LogP contribution in [0.25, 0.3) is 88.6 Å². The second-order valence-corrected chi connectivity index (χ2v) is 22.5. The van der Waals surface area contributed by atoms with Gasteiger partial charge in [0.15, 0.2) is 0 Å². The summed E-state index contributed by atoms with van der Waals surface area (Å²) < 4.78 is 4.86. The molecule has 0 atom stereocenters. The zero-order valence-corrected chi connectivity index (χ0v) is 40.8. The quantitative estimate of drug-likeness (QED) is 0.173. The first-order valence-corrected chi connectivity index (χ1v) is 23.6. The summed E-state index contributed by atoms with van der Waals surface area (Å²) in [7, 11) is 0. The number of pyridine rings is 2. The molecule has 66 heavy (non-hydrogen) atoms. The molecular weight excluding hydrogens is 801 g/mol. The fraction of sp³-hybridized carbons (Fsp3) is 0.258. The van der Waals surface area contributed by atoms with E-state index in [1.165, 1.54) is 65.9 Å². The van der Waals surface area contributed by atoms with E-state index in [0.29, 0.717) is 0 Å². The van der Waals surface area contributed by atoms with Crippen molar-refractivity contribution in [3.8, 4) is 45.0 Å². The second kappa shape index (κ2) is 15.4. The van der Waals surface area contributed by atoms with Gasteiger partial charge in [0.1, 0.15) is 0 Å². The van der Waals surface area contributed by atoms with Gasteiger partial charge in [0.25, 0.3) is 0 Å². The standard InChI is InChI=1S/C62H62N4/c1-59(2,3)41-23-27-53-49(35-41)50-36-42(60(4,5)6)24-28-54(50)65(53)45-19-13-17-39(33-45)57-47(21-15-31-63-57)48-22-16-32-64-58(48)40-18-14-20-46(34-40)66-55-29-25-43(61(7,8)9)37-51(55)52-38-44(62(10,11)12)26-30-56(52)66/h13-38H,1-12H3. The molecule has 0 saturated heterocycles. The van der Waals surface area contributed by atoms with Gasteiger partial charge >= 0.3 is 0 Å². The Bertz CT molecular complexity index is 3130. The number of fused-ring (bicyclic) bond motifs is 6. The molecule has 0 spiro atoms. The lowest BCUT2D eigenvalue weighted by molar-refractivity contribution is 0.590. The molecule has 330 valence electrons. The van der Waals surface area contributed by atoms with Gasteiger partial charge in [0.05, 0.1) is 33.5 Å². The molecule has 0 unspecified atom stereocenters. The number of hydrogen-bond acceptors (Lipinski definition) is 2. The lowest BCUT2D eigenvalue weighted by Gasteiger charge is -2.19. The van der Waals surface area contributed by atoms with E-state index in [-0.39, 0.29) is 21.7 Å². The lowest BCUT2D eigenvalue weighted by atomic mass is 9.85. The molecule has 0 saturated carbocycles. The minimum Gasteiger partial charge on any atom is -0.309 e. The van der Waals surface area contributed by atoms with Gasteiger partial charge in [0, 0.05) is 67.6 Å². The summed E-state index contributed by atoms with van der Waals surface area (Å²) in [4.78, 5) is 10.2. The van der Waals surface area contributed by atoms with Crippen LogP contribution in [0.2, 0.25) is 0 Å². The molecule has 0 fully saturated rings. The Balaban J connectivity index is 1.10. The van der Waals surface area contributed by atoms with Crippen molar-refractivity contribution in [1.82, 2.24) is 19.1 Å². The molecule has 0 aliphatic rings. The number of aromatic nitrogens is 4. The van der Waals surface area contributed by atoms with Crippen LogP contribution in [0.5, 0.6) is 0 Å². The SMILES string of the molecule is CC(C)(C)c1ccc2c(c1)c1cc(C(C)(C)C)ccc1n2-c1cccc(-c2ncccc2-c2cccnc2-c2cccc(-n3c4ccc(C(C)(C)C)cc4c4cc(C(C)(C)C)ccc43)c2)c1. The summed E-state index contributed by atoms with van der Waals surface area (Å²) in [5.74, 6) is 0. The molecule has 6 aromatic carbocycles. The Labute approximate surface area is 391 Å². The number of nitrogens with zero attached hydrogens (tertiary/aromatic N) is 4. The van der Waals surface area contributed by atoms with Gasteiger partial charge in [-0.15, -0.1) is 0 Å². The van der Waals surface area contributed by atoms with Crippen LogP contribution in [0, 0.1) is 0 Å². The monoisotopic (exact) mass is 862 g/mol. The van der Waals surface area contributed by atoms with E-state index in [1.54, 1.807) is 0 Å². The normalized spacial score (nSPS) is 12.8. The molecule has 0 aliphatic carbocycles. The van der Waals surface area contributed by atoms with E-state index < -0.39 is 0 Å². The number of hydrogen-bond donors (Lipinski definition) is 0. The molecule has 0 amide bonds. The van der Waals surface area contributed by atoms with Crippen molar-refractivity contribution in [3.05, 3.63) is 180 Å². The zero-order chi connectivity index (χ0) is 46.5. The lowest BCUT2D eigenvalue weighted by Crippen LogP contribution is -2.10. The Morgan fingerprint density at radius 2 is 0.621 bits per heavy atom. The summed E-state index contributed by atoms with van der Waals surface area (Å²) >= 11 is 0. The van der Waals surface area contributed by atoms with Crippen LogP contribution in [0.4, 0.5) is 0 Å². The van der Waals surface area contributed by atoms with Crippen LogP contribution in [-0.4, -0.2) is 19.1 Å². The Morgan fingerprint density at radius 1 is 0.318 bits per heavy atom. The van der Waals surface area contributed by atoms with Gasteiger partial charge in [-0.3, -0.25) is 9.97 Å². The molecule has 4 heteroatoms. The Morgan fingerprint density at radius 3 is 0.909 bits per heavy atom. The predicted molar refractivity (Wildman–Crippen MR) is 282 cm³/mol. The summed E-state index contributed by atoms with van der Waals surface area (Å²) in [6.07, 6.45) is 3.81. The molecule has 4 heterocycles. The van der Waals surface area contributed by atoms with Crippen LogP contribution in [0.15, 0.2) is 158 Å². The largest absolute Gasteiger partial charge is 0.309 e. The fourth-order valence-corrected chi connectivity index (χ4v) is 9.76. The van der Waals surface area contributed by atoms with Gasteiger partial charge in [-0.2, -0.15) is 0 Å². The number of rotatable bonds is 5. The highest BCUT2D eigenvalue weighted by Gasteiger charge is 2.24. The summed E-state index contributed by atoms with van der Waals surface area (Å²) in [5, 5.41) is 5.11. The molecule has 10 rings (SSSR count). The molecule has 0 aliphatic heterocycles. The third-order valence-electron chi connectivity index (χ3n) is 13.7. The van der Waals surface area contributed by atoms with E-state index in [9.17, 15) is 0 Å². The van der Waals surface area contributed by atoms with Gasteiger partial charge in [0.2, 0.25) is 0 Å². The van der Waals surface area contributed by atoms with Crippen molar-refractivity contribution in [2.45, 2.75) is 105 Å². The van der Waals surface area contributed by atoms with E-state index in [1.807, 2.05) is 24.5 Å². The third kappa shape index (κ3) is 7.51. The first-order chi connectivity index (χ1) is 31.3. The van der Waals surface area contributed by atoms with Crippen LogP contribution >= 0.6 is 0 Å². The van der Waals surface area contributed by atoms with Crippen molar-refractivity contribution >= 4 is 43.6 Å². The Kier molecular flexibility index (Phi) is 10.1.